The van der Waals surface area contributed by atoms with E-state index >= 15 is 0 Å². The smallest absolute Gasteiger partial charge is 0.323 e. The standard InChI is InChI=1S/C10H13NO4/c1-6-9(8-3-2-4-14-8)15-5-7(11-6)10(12)13/h2-4,6-7,9,11H,5H2,1H3,(H,12,13). The summed E-state index contributed by atoms with van der Waals surface area (Å²) in [6.45, 7) is 2.04. The Bertz CT molecular complexity index is 335. The molecule has 3 atom stereocenters. The average molecular weight is 211 g/mol. The fraction of sp³-hybridized carbons (Fsp3) is 0.500. The van der Waals surface area contributed by atoms with Crippen LogP contribution in [0.3, 0.4) is 0 Å². The molecule has 1 aliphatic rings. The van der Waals surface area contributed by atoms with Crippen LogP contribution in [0.5, 0.6) is 0 Å². The Morgan fingerprint density at radius 2 is 2.47 bits per heavy atom. The van der Waals surface area contributed by atoms with Gasteiger partial charge in [0.15, 0.2) is 0 Å². The molecule has 0 saturated carbocycles. The van der Waals surface area contributed by atoms with Gasteiger partial charge in [0.05, 0.1) is 12.9 Å². The van der Waals surface area contributed by atoms with Gasteiger partial charge in [0.1, 0.15) is 17.9 Å². The predicted octanol–water partition coefficient (Wildman–Crippen LogP) is 0.782. The van der Waals surface area contributed by atoms with Crippen LogP contribution in [0.25, 0.3) is 0 Å². The highest BCUT2D eigenvalue weighted by Crippen LogP contribution is 2.25. The number of furan rings is 1. The zero-order chi connectivity index (χ0) is 10.8. The maximum absolute atomic E-state index is 10.7. The largest absolute Gasteiger partial charge is 0.480 e. The number of hydrogen-bond acceptors (Lipinski definition) is 4. The van der Waals surface area contributed by atoms with E-state index in [9.17, 15) is 4.79 Å². The second-order valence-electron chi connectivity index (χ2n) is 3.62. The van der Waals surface area contributed by atoms with Crippen LogP contribution in [0.2, 0.25) is 0 Å². The highest BCUT2D eigenvalue weighted by molar-refractivity contribution is 5.73. The molecule has 0 bridgehead atoms. The minimum Gasteiger partial charge on any atom is -0.480 e. The van der Waals surface area contributed by atoms with Crippen molar-refractivity contribution in [2.24, 2.45) is 0 Å². The van der Waals surface area contributed by atoms with Gasteiger partial charge in [-0.2, -0.15) is 0 Å². The average Bonchev–Trinajstić information content (AvgIpc) is 2.70. The Morgan fingerprint density at radius 3 is 3.00 bits per heavy atom. The van der Waals surface area contributed by atoms with Gasteiger partial charge in [0, 0.05) is 6.04 Å². The number of carboxylic acids is 1. The second-order valence-corrected chi connectivity index (χ2v) is 3.62. The molecule has 15 heavy (non-hydrogen) atoms. The van der Waals surface area contributed by atoms with Crippen LogP contribution in [0, 0.1) is 0 Å². The van der Waals surface area contributed by atoms with Crippen molar-refractivity contribution in [1.29, 1.82) is 0 Å². The van der Waals surface area contributed by atoms with Gasteiger partial charge in [-0.15, -0.1) is 0 Å². The highest BCUT2D eigenvalue weighted by Gasteiger charge is 2.33. The van der Waals surface area contributed by atoms with Gasteiger partial charge in [0.25, 0.3) is 0 Å². The van der Waals surface area contributed by atoms with Gasteiger partial charge in [-0.25, -0.2) is 0 Å². The van der Waals surface area contributed by atoms with Crippen LogP contribution in [-0.2, 0) is 9.53 Å². The zero-order valence-corrected chi connectivity index (χ0v) is 8.34. The molecule has 3 unspecified atom stereocenters. The van der Waals surface area contributed by atoms with Gasteiger partial charge in [-0.05, 0) is 19.1 Å². The van der Waals surface area contributed by atoms with Gasteiger partial charge in [-0.3, -0.25) is 10.1 Å². The molecule has 5 nitrogen and oxygen atoms in total. The Kier molecular flexibility index (Phi) is 2.75. The molecule has 0 spiro atoms. The third-order valence-corrected chi connectivity index (χ3v) is 2.48. The van der Waals surface area contributed by atoms with E-state index in [4.69, 9.17) is 14.3 Å². The SMILES string of the molecule is CC1NC(C(=O)O)COC1c1ccco1. The molecule has 0 amide bonds. The maximum Gasteiger partial charge on any atom is 0.323 e. The molecule has 1 aliphatic heterocycles. The van der Waals surface area contributed by atoms with Crippen molar-refractivity contribution < 1.29 is 19.1 Å². The molecule has 5 heteroatoms. The summed E-state index contributed by atoms with van der Waals surface area (Å²) in [6, 6.07) is 2.90. The van der Waals surface area contributed by atoms with Crippen molar-refractivity contribution >= 4 is 5.97 Å². The zero-order valence-electron chi connectivity index (χ0n) is 8.34. The minimum absolute atomic E-state index is 0.0778. The second kappa shape index (κ2) is 4.04. The first-order valence-corrected chi connectivity index (χ1v) is 4.82. The van der Waals surface area contributed by atoms with E-state index in [0.29, 0.717) is 0 Å². The number of morpholine rings is 1. The van der Waals surface area contributed by atoms with Crippen molar-refractivity contribution in [3.63, 3.8) is 0 Å². The van der Waals surface area contributed by atoms with E-state index in [1.165, 1.54) is 0 Å². The normalized spacial score (nSPS) is 31.4. The van der Waals surface area contributed by atoms with Gasteiger partial charge in [-0.1, -0.05) is 0 Å². The molecule has 0 aliphatic carbocycles. The number of rotatable bonds is 2. The van der Waals surface area contributed by atoms with E-state index in [1.54, 1.807) is 12.3 Å². The fourth-order valence-corrected chi connectivity index (χ4v) is 1.72. The molecule has 2 rings (SSSR count). The van der Waals surface area contributed by atoms with E-state index < -0.39 is 12.0 Å². The molecular formula is C10H13NO4. The fourth-order valence-electron chi connectivity index (χ4n) is 1.72. The summed E-state index contributed by atoms with van der Waals surface area (Å²) in [5.41, 5.74) is 0. The lowest BCUT2D eigenvalue weighted by Crippen LogP contribution is -2.52. The van der Waals surface area contributed by atoms with Crippen molar-refractivity contribution in [2.45, 2.75) is 25.1 Å². The molecule has 2 heterocycles. The van der Waals surface area contributed by atoms with Crippen LogP contribution in [0.4, 0.5) is 0 Å². The lowest BCUT2D eigenvalue weighted by molar-refractivity contribution is -0.146. The van der Waals surface area contributed by atoms with Gasteiger partial charge in [0.2, 0.25) is 0 Å². The van der Waals surface area contributed by atoms with Crippen molar-refractivity contribution in [1.82, 2.24) is 5.32 Å². The first-order valence-electron chi connectivity index (χ1n) is 4.82. The lowest BCUT2D eigenvalue weighted by atomic mass is 10.1. The van der Waals surface area contributed by atoms with E-state index in [1.807, 2.05) is 13.0 Å². The Hall–Kier alpha value is -1.33. The number of carboxylic acid groups (broad SMARTS) is 1. The molecule has 1 fully saturated rings. The molecule has 82 valence electrons. The lowest BCUT2D eigenvalue weighted by Gasteiger charge is -2.32. The summed E-state index contributed by atoms with van der Waals surface area (Å²) < 4.78 is 10.7. The number of carbonyl (C=O) groups is 1. The monoisotopic (exact) mass is 211 g/mol. The Balaban J connectivity index is 2.04. The van der Waals surface area contributed by atoms with Crippen molar-refractivity contribution in [2.75, 3.05) is 6.61 Å². The quantitative estimate of drug-likeness (QED) is 0.756. The predicted molar refractivity (Wildman–Crippen MR) is 51.4 cm³/mol. The van der Waals surface area contributed by atoms with Gasteiger partial charge < -0.3 is 14.3 Å². The molecule has 1 saturated heterocycles. The summed E-state index contributed by atoms with van der Waals surface area (Å²) in [6.07, 6.45) is 1.37. The first-order chi connectivity index (χ1) is 7.18. The van der Waals surface area contributed by atoms with Gasteiger partial charge >= 0.3 is 5.97 Å². The molecule has 1 aromatic heterocycles. The summed E-state index contributed by atoms with van der Waals surface area (Å²) in [5, 5.41) is 11.8. The number of aliphatic carboxylic acids is 1. The van der Waals surface area contributed by atoms with Crippen LogP contribution < -0.4 is 5.32 Å². The van der Waals surface area contributed by atoms with E-state index in [-0.39, 0.29) is 18.8 Å². The third-order valence-electron chi connectivity index (χ3n) is 2.48. The maximum atomic E-state index is 10.7. The first kappa shape index (κ1) is 10.2. The van der Waals surface area contributed by atoms with Crippen LogP contribution in [0.1, 0.15) is 18.8 Å². The minimum atomic E-state index is -0.889. The summed E-state index contributed by atoms with van der Waals surface area (Å²) in [7, 11) is 0. The summed E-state index contributed by atoms with van der Waals surface area (Å²) in [4.78, 5) is 10.7. The van der Waals surface area contributed by atoms with Crippen LogP contribution in [0.15, 0.2) is 22.8 Å². The number of ether oxygens (including phenoxy) is 1. The van der Waals surface area contributed by atoms with E-state index in [2.05, 4.69) is 5.32 Å². The summed E-state index contributed by atoms with van der Waals surface area (Å²) in [5.74, 6) is -0.168. The topological polar surface area (TPSA) is 71.7 Å². The molecule has 0 radical (unpaired) electrons. The Morgan fingerprint density at radius 1 is 1.67 bits per heavy atom. The molecule has 2 N–H and O–H groups in total. The van der Waals surface area contributed by atoms with Crippen molar-refractivity contribution in [3.05, 3.63) is 24.2 Å². The Labute approximate surface area is 87.0 Å². The van der Waals surface area contributed by atoms with E-state index in [0.717, 1.165) is 5.76 Å². The molecule has 1 aromatic rings. The molecule has 0 aromatic carbocycles. The molecular weight excluding hydrogens is 198 g/mol. The highest BCUT2D eigenvalue weighted by atomic mass is 16.5. The third kappa shape index (κ3) is 2.03. The van der Waals surface area contributed by atoms with Crippen LogP contribution >= 0.6 is 0 Å². The summed E-state index contributed by atoms with van der Waals surface area (Å²) >= 11 is 0. The van der Waals surface area contributed by atoms with Crippen molar-refractivity contribution in [3.8, 4) is 0 Å². The number of hydrogen-bond donors (Lipinski definition) is 2. The van der Waals surface area contributed by atoms with Crippen LogP contribution in [-0.4, -0.2) is 29.8 Å². The number of nitrogens with one attached hydrogen (secondary N) is 1.